The van der Waals surface area contributed by atoms with Crippen molar-refractivity contribution in [3.8, 4) is 0 Å². The zero-order valence-electron chi connectivity index (χ0n) is 14.4. The minimum absolute atomic E-state index is 0.0390. The minimum atomic E-state index is -0.153. The van der Waals surface area contributed by atoms with Crippen LogP contribution in [-0.4, -0.2) is 27.9 Å². The molecule has 1 atom stereocenters. The molecule has 2 aromatic rings. The van der Waals surface area contributed by atoms with E-state index in [1.165, 1.54) is 22.9 Å². The normalized spacial score (nSPS) is 12.4. The maximum Gasteiger partial charge on any atom is 0.233 e. The summed E-state index contributed by atoms with van der Waals surface area (Å²) < 4.78 is 1.78. The van der Waals surface area contributed by atoms with E-state index in [0.29, 0.717) is 12.5 Å². The van der Waals surface area contributed by atoms with E-state index in [1.54, 1.807) is 23.1 Å². The first-order valence-corrected chi connectivity index (χ1v) is 10.7. The number of thioether (sulfide) groups is 2. The molecule has 7 heteroatoms. The Labute approximate surface area is 156 Å². The molecule has 1 aromatic carbocycles. The van der Waals surface area contributed by atoms with E-state index in [1.807, 2.05) is 13.8 Å². The van der Waals surface area contributed by atoms with Gasteiger partial charge in [-0.25, -0.2) is 0 Å². The molecule has 24 heavy (non-hydrogen) atoms. The quantitative estimate of drug-likeness (QED) is 0.679. The van der Waals surface area contributed by atoms with Crippen LogP contribution in [0.5, 0.6) is 0 Å². The molecule has 1 heterocycles. The fourth-order valence-corrected chi connectivity index (χ4v) is 5.11. The molecule has 0 saturated carbocycles. The first kappa shape index (κ1) is 19.3. The van der Waals surface area contributed by atoms with Gasteiger partial charge in [-0.2, -0.15) is 0 Å². The Balaban J connectivity index is 1.86. The van der Waals surface area contributed by atoms with Gasteiger partial charge >= 0.3 is 0 Å². The van der Waals surface area contributed by atoms with Crippen molar-refractivity contribution >= 4 is 40.8 Å². The lowest BCUT2D eigenvalue weighted by Gasteiger charge is -2.07. The van der Waals surface area contributed by atoms with Crippen molar-refractivity contribution in [3.63, 3.8) is 0 Å². The predicted molar refractivity (Wildman–Crippen MR) is 104 cm³/mol. The van der Waals surface area contributed by atoms with Gasteiger partial charge < -0.3 is 5.32 Å². The summed E-state index contributed by atoms with van der Waals surface area (Å²) in [5, 5.41) is 11.1. The highest BCUT2D eigenvalue weighted by Gasteiger charge is 2.16. The Bertz CT molecular complexity index is 655. The monoisotopic (exact) mass is 381 g/mol. The van der Waals surface area contributed by atoms with Gasteiger partial charge in [-0.3, -0.25) is 4.79 Å². The van der Waals surface area contributed by atoms with Crippen molar-refractivity contribution in [2.75, 3.05) is 6.54 Å². The molecular weight excluding hydrogens is 358 g/mol. The summed E-state index contributed by atoms with van der Waals surface area (Å²) in [7, 11) is 0. The van der Waals surface area contributed by atoms with E-state index in [2.05, 4.69) is 53.6 Å². The van der Waals surface area contributed by atoms with Gasteiger partial charge in [0, 0.05) is 12.3 Å². The molecular formula is C17H23N3OS3. The lowest BCUT2D eigenvalue weighted by Crippen LogP contribution is -2.30. The highest BCUT2D eigenvalue weighted by atomic mass is 32.2. The van der Waals surface area contributed by atoms with Crippen molar-refractivity contribution in [2.24, 2.45) is 0 Å². The summed E-state index contributed by atoms with van der Waals surface area (Å²) in [5.41, 5.74) is 2.64. The van der Waals surface area contributed by atoms with Crippen molar-refractivity contribution < 1.29 is 4.79 Å². The average molecular weight is 382 g/mol. The number of carbonyl (C=O) groups is 1. The lowest BCUT2D eigenvalue weighted by atomic mass is 10.0. The van der Waals surface area contributed by atoms with Crippen molar-refractivity contribution in [1.29, 1.82) is 0 Å². The molecule has 1 aromatic heterocycles. The first-order valence-electron chi connectivity index (χ1n) is 7.99. The smallest absolute Gasteiger partial charge is 0.233 e. The standard InChI is InChI=1S/C17H23N3OS3/c1-5-18-15(21)12(4)23-17-20-19-16(24-17)22-10-13-6-8-14(9-7-13)11(2)3/h6-9,11-12H,5,10H2,1-4H3,(H,18,21). The molecule has 0 saturated heterocycles. The van der Waals surface area contributed by atoms with E-state index in [-0.39, 0.29) is 11.2 Å². The maximum absolute atomic E-state index is 11.8. The number of nitrogens with one attached hydrogen (secondary N) is 1. The molecule has 0 aliphatic carbocycles. The Morgan fingerprint density at radius 3 is 2.46 bits per heavy atom. The molecule has 1 unspecified atom stereocenters. The van der Waals surface area contributed by atoms with Gasteiger partial charge in [0.2, 0.25) is 5.91 Å². The molecule has 1 N–H and O–H groups in total. The zero-order chi connectivity index (χ0) is 17.5. The van der Waals surface area contributed by atoms with Crippen LogP contribution >= 0.6 is 34.9 Å². The third kappa shape index (κ3) is 5.79. The number of carbonyl (C=O) groups excluding carboxylic acids is 1. The van der Waals surface area contributed by atoms with E-state index in [9.17, 15) is 4.79 Å². The van der Waals surface area contributed by atoms with Crippen molar-refractivity contribution in [1.82, 2.24) is 15.5 Å². The third-order valence-electron chi connectivity index (χ3n) is 3.39. The number of aromatic nitrogens is 2. The molecule has 0 aliphatic rings. The fourth-order valence-electron chi connectivity index (χ4n) is 1.97. The summed E-state index contributed by atoms with van der Waals surface area (Å²) in [4.78, 5) is 11.8. The van der Waals surface area contributed by atoms with Crippen molar-refractivity contribution in [3.05, 3.63) is 35.4 Å². The van der Waals surface area contributed by atoms with Crippen LogP contribution in [0.3, 0.4) is 0 Å². The molecule has 0 spiro atoms. The number of benzene rings is 1. The average Bonchev–Trinajstić information content (AvgIpc) is 3.01. The lowest BCUT2D eigenvalue weighted by molar-refractivity contribution is -0.120. The predicted octanol–water partition coefficient (Wildman–Crippen LogP) is 4.57. The SMILES string of the molecule is CCNC(=O)C(C)Sc1nnc(SCc2ccc(C(C)C)cc2)s1. The van der Waals surface area contributed by atoms with Gasteiger partial charge in [0.05, 0.1) is 5.25 Å². The van der Waals surface area contributed by atoms with Crippen molar-refractivity contribution in [2.45, 2.75) is 53.3 Å². The Kier molecular flexibility index (Phi) is 7.58. The Morgan fingerprint density at radius 1 is 1.17 bits per heavy atom. The summed E-state index contributed by atoms with van der Waals surface area (Å²) >= 11 is 4.69. The van der Waals surface area contributed by atoms with Crippen LogP contribution < -0.4 is 5.32 Å². The molecule has 0 aliphatic heterocycles. The second kappa shape index (κ2) is 9.44. The summed E-state index contributed by atoms with van der Waals surface area (Å²) in [6.45, 7) is 8.86. The first-order chi connectivity index (χ1) is 11.5. The second-order valence-corrected chi connectivity index (χ2v) is 9.46. The molecule has 2 rings (SSSR count). The molecule has 1 amide bonds. The number of rotatable bonds is 8. The van der Waals surface area contributed by atoms with Gasteiger partial charge in [0.1, 0.15) is 0 Å². The largest absolute Gasteiger partial charge is 0.355 e. The fraction of sp³-hybridized carbons (Fsp3) is 0.471. The summed E-state index contributed by atoms with van der Waals surface area (Å²) in [5.74, 6) is 1.47. The van der Waals surface area contributed by atoms with Crippen LogP contribution in [0.2, 0.25) is 0 Å². The molecule has 0 radical (unpaired) electrons. The van der Waals surface area contributed by atoms with Crippen LogP contribution in [0, 0.1) is 0 Å². The number of amides is 1. The highest BCUT2D eigenvalue weighted by Crippen LogP contribution is 2.32. The van der Waals surface area contributed by atoms with Gasteiger partial charge in [0.25, 0.3) is 0 Å². The zero-order valence-corrected chi connectivity index (χ0v) is 16.9. The number of hydrogen-bond acceptors (Lipinski definition) is 6. The molecule has 130 valence electrons. The number of nitrogens with zero attached hydrogens (tertiary/aromatic N) is 2. The van der Waals surface area contributed by atoms with Gasteiger partial charge in [-0.15, -0.1) is 10.2 Å². The Morgan fingerprint density at radius 2 is 1.83 bits per heavy atom. The molecule has 0 bridgehead atoms. The third-order valence-corrected chi connectivity index (χ3v) is 6.71. The summed E-state index contributed by atoms with van der Waals surface area (Å²) in [6.07, 6.45) is 0. The van der Waals surface area contributed by atoms with Gasteiger partial charge in [0.15, 0.2) is 8.68 Å². The highest BCUT2D eigenvalue weighted by molar-refractivity contribution is 8.03. The molecule has 4 nitrogen and oxygen atoms in total. The van der Waals surface area contributed by atoms with Crippen LogP contribution in [0.4, 0.5) is 0 Å². The minimum Gasteiger partial charge on any atom is -0.355 e. The van der Waals surface area contributed by atoms with E-state index < -0.39 is 0 Å². The van der Waals surface area contributed by atoms with E-state index >= 15 is 0 Å². The van der Waals surface area contributed by atoms with E-state index in [4.69, 9.17) is 0 Å². The van der Waals surface area contributed by atoms with Crippen LogP contribution in [0.15, 0.2) is 32.9 Å². The van der Waals surface area contributed by atoms with Crippen LogP contribution in [-0.2, 0) is 10.5 Å². The van der Waals surface area contributed by atoms with Crippen LogP contribution in [0.1, 0.15) is 44.7 Å². The topological polar surface area (TPSA) is 54.9 Å². The van der Waals surface area contributed by atoms with Gasteiger partial charge in [-0.05, 0) is 30.9 Å². The Hall–Kier alpha value is -1.05. The maximum atomic E-state index is 11.8. The second-order valence-electron chi connectivity index (χ2n) is 5.67. The molecule has 0 fully saturated rings. The summed E-state index contributed by atoms with van der Waals surface area (Å²) in [6, 6.07) is 8.73. The van der Waals surface area contributed by atoms with Crippen LogP contribution in [0.25, 0.3) is 0 Å². The van der Waals surface area contributed by atoms with E-state index in [0.717, 1.165) is 14.4 Å². The van der Waals surface area contributed by atoms with Gasteiger partial charge in [-0.1, -0.05) is 73.0 Å². The number of hydrogen-bond donors (Lipinski definition) is 1.